The van der Waals surface area contributed by atoms with E-state index in [1.165, 1.54) is 12.1 Å². The van der Waals surface area contributed by atoms with E-state index in [-0.39, 0.29) is 42.2 Å². The highest BCUT2D eigenvalue weighted by molar-refractivity contribution is 6.87. The number of hydrogen-bond donors (Lipinski definition) is 1. The minimum Gasteiger partial charge on any atom is -0.507 e. The topological polar surface area (TPSA) is 91.3 Å². The lowest BCUT2D eigenvalue weighted by Gasteiger charge is -2.39. The molecule has 0 amide bonds. The zero-order valence-electron chi connectivity index (χ0n) is 22.7. The monoisotopic (exact) mass is 548 g/mol. The van der Waals surface area contributed by atoms with Gasteiger partial charge in [0.15, 0.2) is 22.4 Å². The van der Waals surface area contributed by atoms with E-state index in [1.807, 2.05) is 13.0 Å². The lowest BCUT2D eigenvalue weighted by Crippen LogP contribution is -2.53. The second-order valence-electron chi connectivity index (χ2n) is 11.1. The van der Waals surface area contributed by atoms with Gasteiger partial charge in [0.05, 0.1) is 11.5 Å². The average molecular weight is 549 g/mol. The lowest BCUT2D eigenvalue weighted by atomic mass is 10.0. The molecule has 10 heteroatoms. The van der Waals surface area contributed by atoms with Crippen molar-refractivity contribution < 1.29 is 32.4 Å². The molecule has 7 nitrogen and oxygen atoms in total. The summed E-state index contributed by atoms with van der Waals surface area (Å²) in [5.74, 6) is -0.729. The van der Waals surface area contributed by atoms with Crippen LogP contribution in [-0.4, -0.2) is 55.3 Å². The number of ketones is 1. The van der Waals surface area contributed by atoms with E-state index in [2.05, 4.69) is 45.8 Å². The number of esters is 1. The third kappa shape index (κ3) is 10.0. The van der Waals surface area contributed by atoms with Crippen molar-refractivity contribution in [2.24, 2.45) is 5.92 Å². The van der Waals surface area contributed by atoms with Crippen LogP contribution >= 0.6 is 0 Å². The van der Waals surface area contributed by atoms with Crippen LogP contribution in [-0.2, 0) is 17.8 Å². The second-order valence-corrected chi connectivity index (χ2v) is 23.8. The molecule has 0 aliphatic heterocycles. The average Bonchev–Trinajstić information content (AvgIpc) is 2.73. The van der Waals surface area contributed by atoms with Gasteiger partial charge in [0.25, 0.3) is 0 Å². The first-order valence-electron chi connectivity index (χ1n) is 12.2. The van der Waals surface area contributed by atoms with E-state index in [1.54, 1.807) is 30.3 Å². The molecular weight excluding hydrogens is 509 g/mol. The molecule has 1 unspecified atom stereocenters. The Morgan fingerprint density at radius 2 is 1.44 bits per heavy atom. The first-order chi connectivity index (χ1) is 16.6. The molecule has 0 bridgehead atoms. The minimum atomic E-state index is -2.56. The molecule has 2 aromatic carbocycles. The van der Waals surface area contributed by atoms with Crippen molar-refractivity contribution in [3.05, 3.63) is 59.7 Å². The summed E-state index contributed by atoms with van der Waals surface area (Å²) in [5, 5.41) is 10.3. The first kappa shape index (κ1) is 30.0. The number of phenols is 1. The van der Waals surface area contributed by atoms with Crippen LogP contribution in [0.4, 0.5) is 0 Å². The van der Waals surface area contributed by atoms with E-state index in [0.717, 1.165) is 0 Å². The highest BCUT2D eigenvalue weighted by Crippen LogP contribution is 2.28. The molecule has 0 aliphatic carbocycles. The summed E-state index contributed by atoms with van der Waals surface area (Å²) in [4.78, 5) is 25.2. The molecule has 0 saturated heterocycles. The van der Waals surface area contributed by atoms with Crippen LogP contribution < -0.4 is 4.74 Å². The Bertz CT molecular complexity index is 1010. The van der Waals surface area contributed by atoms with Crippen LogP contribution in [0.2, 0.25) is 51.9 Å². The number of benzene rings is 2. The Morgan fingerprint density at radius 3 is 1.97 bits per heavy atom. The predicted molar refractivity (Wildman–Crippen MR) is 149 cm³/mol. The van der Waals surface area contributed by atoms with Crippen LogP contribution in [0.15, 0.2) is 48.5 Å². The number of ether oxygens (including phenoxy) is 2. The van der Waals surface area contributed by atoms with Crippen LogP contribution in [0.5, 0.6) is 11.5 Å². The minimum absolute atomic E-state index is 0.0661. The van der Waals surface area contributed by atoms with Gasteiger partial charge in [0, 0.05) is 17.7 Å². The number of carbonyl (C=O) groups excluding carboxylic acids is 2. The fraction of sp³-hybridized carbons (Fsp3) is 0.462. The molecule has 36 heavy (non-hydrogen) atoms. The lowest BCUT2D eigenvalue weighted by molar-refractivity contribution is -0.148. The number of phenolic OH excluding ortho intramolecular Hbond substituents is 1. The Labute approximate surface area is 218 Å². The normalized spacial score (nSPS) is 13.2. The molecule has 0 aliphatic rings. The molecular formula is C26H40O7Si3. The third-order valence-corrected chi connectivity index (χ3v) is 14.7. The summed E-state index contributed by atoms with van der Waals surface area (Å²) < 4.78 is 24.0. The Kier molecular flexibility index (Phi) is 10.3. The van der Waals surface area contributed by atoms with Crippen molar-refractivity contribution in [2.75, 3.05) is 13.2 Å². The van der Waals surface area contributed by atoms with Crippen LogP contribution in [0, 0.1) is 5.92 Å². The Balaban J connectivity index is 1.89. The smallest absolute Gasteiger partial charge is 0.315 e. The van der Waals surface area contributed by atoms with E-state index >= 15 is 0 Å². The molecule has 2 rings (SSSR count). The molecule has 198 valence electrons. The highest BCUT2D eigenvalue weighted by Gasteiger charge is 2.42. The highest BCUT2D eigenvalue weighted by atomic mass is 28.5. The predicted octanol–water partition coefficient (Wildman–Crippen LogP) is 5.96. The van der Waals surface area contributed by atoms with Crippen molar-refractivity contribution in [2.45, 2.75) is 58.8 Å². The molecule has 2 aromatic rings. The van der Waals surface area contributed by atoms with Gasteiger partial charge in [-0.3, -0.25) is 9.59 Å². The second kappa shape index (κ2) is 12.3. The van der Waals surface area contributed by atoms with Gasteiger partial charge < -0.3 is 22.8 Å². The number of rotatable bonds is 13. The van der Waals surface area contributed by atoms with E-state index in [0.29, 0.717) is 17.4 Å². The van der Waals surface area contributed by atoms with Crippen molar-refractivity contribution >= 4 is 36.9 Å². The zero-order chi connectivity index (χ0) is 27.1. The largest absolute Gasteiger partial charge is 0.507 e. The van der Waals surface area contributed by atoms with Crippen LogP contribution in [0.3, 0.4) is 0 Å². The quantitative estimate of drug-likeness (QED) is 0.143. The third-order valence-electron chi connectivity index (χ3n) is 4.97. The van der Waals surface area contributed by atoms with Gasteiger partial charge in [-0.25, -0.2) is 0 Å². The van der Waals surface area contributed by atoms with Gasteiger partial charge in [-0.15, -0.1) is 0 Å². The summed E-state index contributed by atoms with van der Waals surface area (Å²) >= 11 is 0. The summed E-state index contributed by atoms with van der Waals surface area (Å²) in [6.45, 7) is 16.9. The maximum Gasteiger partial charge on any atom is 0.315 e. The van der Waals surface area contributed by atoms with Crippen molar-refractivity contribution in [3.8, 4) is 11.5 Å². The molecule has 1 N–H and O–H groups in total. The van der Waals surface area contributed by atoms with Gasteiger partial charge in [-0.1, -0.05) is 37.3 Å². The van der Waals surface area contributed by atoms with Crippen LogP contribution in [0.1, 0.15) is 22.8 Å². The molecule has 0 aromatic heterocycles. The van der Waals surface area contributed by atoms with Crippen molar-refractivity contribution in [1.82, 2.24) is 0 Å². The fourth-order valence-corrected chi connectivity index (χ4v) is 16.9. The standard InChI is InChI=1S/C26H40O7Si3/c1-20(19-36(8,32-34(2,3)4)33-35(5,6)7)26(29)31-17-16-30-22-14-15-23(24(27)18-22)25(28)21-12-10-9-11-13-21/h9-15,18,20,27H,16-17,19H2,1-8H3. The SMILES string of the molecule is CC(C[Si](C)(O[Si](C)(C)C)O[Si](C)(C)C)C(=O)OCCOc1ccc(C(=O)c2ccccc2)c(O)c1. The zero-order valence-corrected chi connectivity index (χ0v) is 25.7. The summed E-state index contributed by atoms with van der Waals surface area (Å²) in [6, 6.07) is 13.8. The van der Waals surface area contributed by atoms with Crippen LogP contribution in [0.25, 0.3) is 0 Å². The van der Waals surface area contributed by atoms with Gasteiger partial charge in [-0.05, 0) is 58.0 Å². The molecule has 0 radical (unpaired) electrons. The molecule has 0 saturated carbocycles. The molecule has 1 atom stereocenters. The first-order valence-corrected chi connectivity index (χ1v) is 21.6. The summed E-state index contributed by atoms with van der Waals surface area (Å²) in [5.41, 5.74) is 0.689. The maximum absolute atomic E-state index is 12.7. The molecule has 0 spiro atoms. The van der Waals surface area contributed by atoms with E-state index in [4.69, 9.17) is 17.7 Å². The number of hydrogen-bond acceptors (Lipinski definition) is 7. The maximum atomic E-state index is 12.7. The van der Waals surface area contributed by atoms with E-state index in [9.17, 15) is 14.7 Å². The van der Waals surface area contributed by atoms with Crippen molar-refractivity contribution in [1.29, 1.82) is 0 Å². The summed E-state index contributed by atoms with van der Waals surface area (Å²) in [7, 11) is -6.26. The summed E-state index contributed by atoms with van der Waals surface area (Å²) in [6.07, 6.45) is 0. The van der Waals surface area contributed by atoms with Gasteiger partial charge in [0.1, 0.15) is 24.7 Å². The van der Waals surface area contributed by atoms with E-state index < -0.39 is 25.2 Å². The van der Waals surface area contributed by atoms with Crippen molar-refractivity contribution in [3.63, 3.8) is 0 Å². The van der Waals surface area contributed by atoms with Gasteiger partial charge >= 0.3 is 14.5 Å². The van der Waals surface area contributed by atoms with Gasteiger partial charge in [0.2, 0.25) is 0 Å². The molecule has 0 heterocycles. The Hall–Kier alpha value is -2.25. The van der Waals surface area contributed by atoms with Gasteiger partial charge in [-0.2, -0.15) is 0 Å². The fourth-order valence-electron chi connectivity index (χ4n) is 4.02. The molecule has 0 fully saturated rings. The Morgan fingerprint density at radius 1 is 0.861 bits per heavy atom. The number of aromatic hydroxyl groups is 1. The number of carbonyl (C=O) groups is 2.